The number of nitrogens with zero attached hydrogens (tertiary/aromatic N) is 4. The first kappa shape index (κ1) is 16.4. The van der Waals surface area contributed by atoms with E-state index in [4.69, 9.17) is 46.3 Å². The van der Waals surface area contributed by atoms with E-state index in [0.29, 0.717) is 26.3 Å². The lowest BCUT2D eigenvalue weighted by atomic mass is 10.1. The smallest absolute Gasteiger partial charge is 0.211 e. The molecule has 0 saturated heterocycles. The van der Waals surface area contributed by atoms with Crippen molar-refractivity contribution in [2.45, 2.75) is 11.7 Å². The van der Waals surface area contributed by atoms with E-state index in [0.717, 1.165) is 23.1 Å². The van der Waals surface area contributed by atoms with Crippen LogP contribution >= 0.6 is 46.6 Å². The maximum Gasteiger partial charge on any atom is 0.211 e. The summed E-state index contributed by atoms with van der Waals surface area (Å²) in [6.07, 6.45) is 1.55. The zero-order valence-corrected chi connectivity index (χ0v) is 14.7. The maximum absolute atomic E-state index is 6.33. The second kappa shape index (κ2) is 6.60. The van der Waals surface area contributed by atoms with Crippen molar-refractivity contribution in [1.82, 2.24) is 9.55 Å². The summed E-state index contributed by atoms with van der Waals surface area (Å²) >= 11 is 20.1. The Morgan fingerprint density at radius 3 is 2.78 bits per heavy atom. The van der Waals surface area contributed by atoms with Crippen LogP contribution in [0, 0.1) is 0 Å². The second-order valence-corrected chi connectivity index (χ2v) is 6.85. The van der Waals surface area contributed by atoms with E-state index in [9.17, 15) is 0 Å². The molecule has 0 bridgehead atoms. The summed E-state index contributed by atoms with van der Waals surface area (Å²) in [7, 11) is 0. The van der Waals surface area contributed by atoms with E-state index in [1.54, 1.807) is 30.1 Å². The molecule has 1 aliphatic heterocycles. The first-order valence-electron chi connectivity index (χ1n) is 6.48. The van der Waals surface area contributed by atoms with E-state index >= 15 is 0 Å². The van der Waals surface area contributed by atoms with Crippen LogP contribution in [0.25, 0.3) is 11.3 Å². The van der Waals surface area contributed by atoms with Gasteiger partial charge in [0.2, 0.25) is 5.96 Å². The van der Waals surface area contributed by atoms with Crippen molar-refractivity contribution < 1.29 is 0 Å². The number of halogens is 3. The first-order valence-corrected chi connectivity index (χ1v) is 8.60. The molecule has 0 amide bonds. The standard InChI is InChI=1S/C13H11Cl3N6S/c14-7-2-1-6(9(15)10(7)16)11-8(5-19-21-12(17)18)22-3-4-23-13(22)20-11/h1-2,5H,3-4H2,(H4,17,18,21)/b19-5+. The van der Waals surface area contributed by atoms with E-state index in [-0.39, 0.29) is 5.96 Å². The third-order valence-electron chi connectivity index (χ3n) is 3.16. The van der Waals surface area contributed by atoms with E-state index in [1.807, 2.05) is 4.57 Å². The quantitative estimate of drug-likeness (QED) is 0.365. The van der Waals surface area contributed by atoms with E-state index in [1.165, 1.54) is 0 Å². The SMILES string of the molecule is NC(N)=N/N=C/c1c(-c2ccc(Cl)c(Cl)c2Cl)nc2n1CCS2. The van der Waals surface area contributed by atoms with Gasteiger partial charge in [0.1, 0.15) is 5.69 Å². The number of hydrogen-bond donors (Lipinski definition) is 2. The van der Waals surface area contributed by atoms with Crippen LogP contribution in [0.5, 0.6) is 0 Å². The molecule has 1 aromatic heterocycles. The lowest BCUT2D eigenvalue weighted by Gasteiger charge is -2.07. The Balaban J connectivity index is 2.15. The number of nitrogens with two attached hydrogens (primary N) is 2. The van der Waals surface area contributed by atoms with Crippen molar-refractivity contribution >= 4 is 58.7 Å². The molecule has 3 rings (SSSR count). The lowest BCUT2D eigenvalue weighted by molar-refractivity contribution is 0.715. The van der Waals surface area contributed by atoms with Crippen LogP contribution in [-0.4, -0.2) is 27.5 Å². The minimum absolute atomic E-state index is 0.120. The minimum Gasteiger partial charge on any atom is -0.369 e. The summed E-state index contributed by atoms with van der Waals surface area (Å²) in [5, 5.41) is 9.42. The van der Waals surface area contributed by atoms with Crippen molar-refractivity contribution in [2.24, 2.45) is 21.7 Å². The van der Waals surface area contributed by atoms with Crippen LogP contribution in [-0.2, 0) is 6.54 Å². The van der Waals surface area contributed by atoms with Crippen LogP contribution in [0.4, 0.5) is 0 Å². The molecule has 1 aliphatic rings. The van der Waals surface area contributed by atoms with Crippen LogP contribution < -0.4 is 11.5 Å². The van der Waals surface area contributed by atoms with Crippen molar-refractivity contribution in [2.75, 3.05) is 5.75 Å². The number of guanidine groups is 1. The van der Waals surface area contributed by atoms with Crippen LogP contribution in [0.15, 0.2) is 27.5 Å². The molecule has 0 aliphatic carbocycles. The van der Waals surface area contributed by atoms with Crippen molar-refractivity contribution in [3.05, 3.63) is 32.9 Å². The molecule has 23 heavy (non-hydrogen) atoms. The van der Waals surface area contributed by atoms with Gasteiger partial charge in [-0.3, -0.25) is 0 Å². The molecule has 0 unspecified atom stereocenters. The topological polar surface area (TPSA) is 94.6 Å². The number of aromatic nitrogens is 2. The highest BCUT2D eigenvalue weighted by Gasteiger charge is 2.24. The van der Waals surface area contributed by atoms with Gasteiger partial charge in [0, 0.05) is 17.9 Å². The Labute approximate surface area is 151 Å². The number of imidazole rings is 1. The minimum atomic E-state index is -0.120. The lowest BCUT2D eigenvalue weighted by Crippen LogP contribution is -2.21. The molecule has 120 valence electrons. The van der Waals surface area contributed by atoms with Crippen LogP contribution in [0.1, 0.15) is 5.69 Å². The molecule has 0 fully saturated rings. The number of rotatable bonds is 3. The Kier molecular flexibility index (Phi) is 4.72. The molecular formula is C13H11Cl3N6S. The Bertz CT molecular complexity index is 826. The summed E-state index contributed by atoms with van der Waals surface area (Å²) in [6, 6.07) is 3.46. The maximum atomic E-state index is 6.33. The van der Waals surface area contributed by atoms with Gasteiger partial charge in [-0.15, -0.1) is 5.10 Å². The molecule has 0 saturated carbocycles. The summed E-state index contributed by atoms with van der Waals surface area (Å²) in [5.74, 6) is 0.826. The highest BCUT2D eigenvalue weighted by atomic mass is 35.5. The fraction of sp³-hybridized carbons (Fsp3) is 0.154. The second-order valence-electron chi connectivity index (χ2n) is 4.62. The van der Waals surface area contributed by atoms with Crippen molar-refractivity contribution in [3.8, 4) is 11.3 Å². The predicted octanol–water partition coefficient (Wildman–Crippen LogP) is 3.22. The molecule has 0 spiro atoms. The average Bonchev–Trinajstić information content (AvgIpc) is 3.07. The molecule has 4 N–H and O–H groups in total. The summed E-state index contributed by atoms with van der Waals surface area (Å²) < 4.78 is 2.03. The third-order valence-corrected chi connectivity index (χ3v) is 5.41. The zero-order chi connectivity index (χ0) is 16.6. The molecule has 0 atom stereocenters. The van der Waals surface area contributed by atoms with Crippen molar-refractivity contribution in [3.63, 3.8) is 0 Å². The van der Waals surface area contributed by atoms with Gasteiger partial charge in [-0.25, -0.2) is 4.98 Å². The molecule has 1 aromatic carbocycles. The van der Waals surface area contributed by atoms with Gasteiger partial charge >= 0.3 is 0 Å². The summed E-state index contributed by atoms with van der Waals surface area (Å²) in [6.45, 7) is 0.815. The molecule has 10 heteroatoms. The van der Waals surface area contributed by atoms with Gasteiger partial charge < -0.3 is 16.0 Å². The van der Waals surface area contributed by atoms with Gasteiger partial charge in [0.05, 0.1) is 27.0 Å². The average molecular weight is 390 g/mol. The highest BCUT2D eigenvalue weighted by molar-refractivity contribution is 7.99. The normalized spacial score (nSPS) is 13.5. The molecule has 2 aromatic rings. The van der Waals surface area contributed by atoms with Crippen molar-refractivity contribution in [1.29, 1.82) is 0 Å². The van der Waals surface area contributed by atoms with E-state index < -0.39 is 0 Å². The van der Waals surface area contributed by atoms with Gasteiger partial charge in [-0.05, 0) is 12.1 Å². The molecule has 0 radical (unpaired) electrons. The molecular weight excluding hydrogens is 379 g/mol. The summed E-state index contributed by atoms with van der Waals surface area (Å²) in [4.78, 5) is 4.63. The number of fused-ring (bicyclic) bond motifs is 1. The van der Waals surface area contributed by atoms with Gasteiger partial charge in [-0.2, -0.15) is 5.10 Å². The Hall–Kier alpha value is -1.41. The number of thioether (sulfide) groups is 1. The van der Waals surface area contributed by atoms with Gasteiger partial charge in [0.15, 0.2) is 5.16 Å². The van der Waals surface area contributed by atoms with Gasteiger partial charge in [-0.1, -0.05) is 46.6 Å². The fourth-order valence-corrected chi connectivity index (χ4v) is 3.77. The third kappa shape index (κ3) is 3.14. The number of benzene rings is 1. The fourth-order valence-electron chi connectivity index (χ4n) is 2.19. The van der Waals surface area contributed by atoms with Gasteiger partial charge in [0.25, 0.3) is 0 Å². The first-order chi connectivity index (χ1) is 11.0. The highest BCUT2D eigenvalue weighted by Crippen LogP contribution is 2.40. The Morgan fingerprint density at radius 1 is 1.26 bits per heavy atom. The molecule has 6 nitrogen and oxygen atoms in total. The number of hydrogen-bond acceptors (Lipinski definition) is 4. The Morgan fingerprint density at radius 2 is 2.04 bits per heavy atom. The molecule has 2 heterocycles. The van der Waals surface area contributed by atoms with E-state index in [2.05, 4.69) is 15.2 Å². The monoisotopic (exact) mass is 388 g/mol. The predicted molar refractivity (Wildman–Crippen MR) is 96.8 cm³/mol. The largest absolute Gasteiger partial charge is 0.369 e. The van der Waals surface area contributed by atoms with Crippen LogP contribution in [0.2, 0.25) is 15.1 Å². The summed E-state index contributed by atoms with van der Waals surface area (Å²) in [5.41, 5.74) is 12.7. The zero-order valence-electron chi connectivity index (χ0n) is 11.6. The van der Waals surface area contributed by atoms with Crippen LogP contribution in [0.3, 0.4) is 0 Å².